The smallest absolute Gasteiger partial charge is 0.311 e. The van der Waals surface area contributed by atoms with Gasteiger partial charge >= 0.3 is 6.08 Å². The number of halogens is 3. The van der Waals surface area contributed by atoms with Gasteiger partial charge in [-0.3, -0.25) is 0 Å². The Morgan fingerprint density at radius 3 is 2.50 bits per heavy atom. The van der Waals surface area contributed by atoms with E-state index < -0.39 is 17.8 Å². The summed E-state index contributed by atoms with van der Waals surface area (Å²) in [7, 11) is 0. The minimum absolute atomic E-state index is 0.277. The third-order valence-electron chi connectivity index (χ3n) is 1.65. The lowest BCUT2D eigenvalue weighted by Gasteiger charge is -1.85. The zero-order valence-corrected chi connectivity index (χ0v) is 6.80. The molecule has 0 aliphatic carbocycles. The number of nitrogens with zero attached hydrogens (tertiary/aromatic N) is 1. The Labute approximate surface area is 76.7 Å². The Kier molecular flexibility index (Phi) is 1.99. The zero-order chi connectivity index (χ0) is 10.1. The van der Waals surface area contributed by atoms with Crippen LogP contribution in [0.2, 0.25) is 0 Å². The van der Waals surface area contributed by atoms with E-state index in [0.717, 1.165) is 0 Å². The second kappa shape index (κ2) is 3.17. The van der Waals surface area contributed by atoms with Crippen molar-refractivity contribution in [3.8, 4) is 0 Å². The van der Waals surface area contributed by atoms with Crippen LogP contribution in [0.1, 0.15) is 5.89 Å². The lowest BCUT2D eigenvalue weighted by atomic mass is 10.3. The van der Waals surface area contributed by atoms with Crippen LogP contribution in [-0.4, -0.2) is 4.98 Å². The maximum atomic E-state index is 12.7. The first kappa shape index (κ1) is 8.80. The molecular weight excluding hydrogens is 195 g/mol. The van der Waals surface area contributed by atoms with Crippen molar-refractivity contribution in [1.82, 2.24) is 4.98 Å². The van der Waals surface area contributed by atoms with Gasteiger partial charge in [-0.2, -0.15) is 13.2 Å². The predicted molar refractivity (Wildman–Crippen MR) is 44.3 cm³/mol. The van der Waals surface area contributed by atoms with E-state index in [0.29, 0.717) is 5.52 Å². The average Bonchev–Trinajstić information content (AvgIpc) is 2.59. The van der Waals surface area contributed by atoms with Crippen LogP contribution in [0.15, 0.2) is 34.8 Å². The van der Waals surface area contributed by atoms with Crippen LogP contribution in [0.4, 0.5) is 13.2 Å². The van der Waals surface area contributed by atoms with Crippen LogP contribution in [0.5, 0.6) is 0 Å². The summed E-state index contributed by atoms with van der Waals surface area (Å²) in [5, 5.41) is 0. The monoisotopic (exact) mass is 199 g/mol. The third-order valence-corrected chi connectivity index (χ3v) is 1.65. The van der Waals surface area contributed by atoms with E-state index >= 15 is 0 Å². The average molecular weight is 199 g/mol. The molecule has 0 atom stereocenters. The molecule has 14 heavy (non-hydrogen) atoms. The maximum Gasteiger partial charge on any atom is 0.311 e. The molecule has 0 saturated heterocycles. The summed E-state index contributed by atoms with van der Waals surface area (Å²) < 4.78 is 41.1. The summed E-state index contributed by atoms with van der Waals surface area (Å²) in [5.74, 6) is -2.41. The normalized spacial score (nSPS) is 10.5. The quantitative estimate of drug-likeness (QED) is 0.703. The Hall–Kier alpha value is -1.78. The summed E-state index contributed by atoms with van der Waals surface area (Å²) in [6, 6.07) is 6.37. The molecule has 0 aliphatic heterocycles. The molecule has 0 unspecified atom stereocenters. The largest absolute Gasteiger partial charge is 0.434 e. The predicted octanol–water partition coefficient (Wildman–Crippen LogP) is 3.36. The Morgan fingerprint density at radius 2 is 1.86 bits per heavy atom. The minimum atomic E-state index is -2.43. The summed E-state index contributed by atoms with van der Waals surface area (Å²) in [6.45, 7) is 0. The molecule has 72 valence electrons. The highest BCUT2D eigenvalue weighted by atomic mass is 19.3. The van der Waals surface area contributed by atoms with Crippen molar-refractivity contribution in [1.29, 1.82) is 0 Å². The van der Waals surface area contributed by atoms with Crippen molar-refractivity contribution in [3.63, 3.8) is 0 Å². The summed E-state index contributed by atoms with van der Waals surface area (Å²) in [4.78, 5) is 3.55. The molecule has 5 heteroatoms. The lowest BCUT2D eigenvalue weighted by Crippen LogP contribution is -1.77. The van der Waals surface area contributed by atoms with Gasteiger partial charge in [0.2, 0.25) is 5.83 Å². The highest BCUT2D eigenvalue weighted by Gasteiger charge is 2.15. The van der Waals surface area contributed by atoms with Gasteiger partial charge < -0.3 is 4.42 Å². The highest BCUT2D eigenvalue weighted by Crippen LogP contribution is 2.24. The van der Waals surface area contributed by atoms with Gasteiger partial charge in [0.1, 0.15) is 5.52 Å². The molecule has 0 bridgehead atoms. The SMILES string of the molecule is FC(F)=C(F)c1nc2ccccc2o1. The standard InChI is InChI=1S/C9H4F3NO/c10-7(8(11)12)9-13-5-3-1-2-4-6(5)14-9/h1-4H. The number of benzene rings is 1. The van der Waals surface area contributed by atoms with Crippen LogP contribution in [0.3, 0.4) is 0 Å². The van der Waals surface area contributed by atoms with E-state index in [1.54, 1.807) is 18.2 Å². The maximum absolute atomic E-state index is 12.7. The van der Waals surface area contributed by atoms with Gasteiger partial charge in [-0.25, -0.2) is 4.98 Å². The second-order valence-electron chi connectivity index (χ2n) is 2.56. The molecule has 1 heterocycles. The molecule has 0 N–H and O–H groups in total. The van der Waals surface area contributed by atoms with Crippen molar-refractivity contribution in [2.24, 2.45) is 0 Å². The number of aromatic nitrogens is 1. The van der Waals surface area contributed by atoms with Gasteiger partial charge in [-0.05, 0) is 12.1 Å². The fourth-order valence-corrected chi connectivity index (χ4v) is 1.05. The van der Waals surface area contributed by atoms with Gasteiger partial charge in [0.15, 0.2) is 5.58 Å². The Bertz CT molecular complexity index is 466. The van der Waals surface area contributed by atoms with Crippen LogP contribution < -0.4 is 0 Å². The number of oxazole rings is 1. The molecular formula is C9H4F3NO. The molecule has 1 aromatic carbocycles. The minimum Gasteiger partial charge on any atom is -0.434 e. The third kappa shape index (κ3) is 1.37. The molecule has 0 radical (unpaired) electrons. The summed E-state index contributed by atoms with van der Waals surface area (Å²) in [6.07, 6.45) is -2.43. The number of hydrogen-bond donors (Lipinski definition) is 0. The molecule has 0 amide bonds. The lowest BCUT2D eigenvalue weighted by molar-refractivity contribution is 0.402. The van der Waals surface area contributed by atoms with Gasteiger partial charge in [0.25, 0.3) is 5.89 Å². The Balaban J connectivity index is 2.61. The molecule has 0 fully saturated rings. The van der Waals surface area contributed by atoms with Gasteiger partial charge in [0.05, 0.1) is 0 Å². The van der Waals surface area contributed by atoms with Crippen molar-refractivity contribution in [2.75, 3.05) is 0 Å². The summed E-state index contributed by atoms with van der Waals surface area (Å²) in [5.41, 5.74) is 0.623. The molecule has 1 aromatic heterocycles. The fraction of sp³-hybridized carbons (Fsp3) is 0. The molecule has 2 rings (SSSR count). The Morgan fingerprint density at radius 1 is 1.14 bits per heavy atom. The van der Waals surface area contributed by atoms with Crippen molar-refractivity contribution in [3.05, 3.63) is 36.2 Å². The van der Waals surface area contributed by atoms with Crippen LogP contribution in [0.25, 0.3) is 16.9 Å². The van der Waals surface area contributed by atoms with Crippen molar-refractivity contribution < 1.29 is 17.6 Å². The molecule has 0 spiro atoms. The summed E-state index contributed by atoms with van der Waals surface area (Å²) >= 11 is 0. The highest BCUT2D eigenvalue weighted by molar-refractivity contribution is 5.74. The van der Waals surface area contributed by atoms with Crippen LogP contribution in [0, 0.1) is 0 Å². The fourth-order valence-electron chi connectivity index (χ4n) is 1.05. The molecule has 0 aliphatic rings. The van der Waals surface area contributed by atoms with E-state index in [4.69, 9.17) is 4.42 Å². The van der Waals surface area contributed by atoms with Crippen LogP contribution in [-0.2, 0) is 0 Å². The van der Waals surface area contributed by atoms with E-state index in [9.17, 15) is 13.2 Å². The zero-order valence-electron chi connectivity index (χ0n) is 6.80. The number of hydrogen-bond acceptors (Lipinski definition) is 2. The first-order chi connectivity index (χ1) is 6.68. The second-order valence-corrected chi connectivity index (χ2v) is 2.56. The number of fused-ring (bicyclic) bond motifs is 1. The first-order valence-corrected chi connectivity index (χ1v) is 3.75. The topological polar surface area (TPSA) is 26.0 Å². The molecule has 2 aromatic rings. The van der Waals surface area contributed by atoms with E-state index in [1.165, 1.54) is 6.07 Å². The van der Waals surface area contributed by atoms with E-state index in [2.05, 4.69) is 4.98 Å². The van der Waals surface area contributed by atoms with Gasteiger partial charge in [-0.1, -0.05) is 12.1 Å². The van der Waals surface area contributed by atoms with Crippen LogP contribution >= 0.6 is 0 Å². The number of para-hydroxylation sites is 2. The van der Waals surface area contributed by atoms with Gasteiger partial charge in [0, 0.05) is 0 Å². The van der Waals surface area contributed by atoms with Crippen molar-refractivity contribution >= 4 is 16.9 Å². The molecule has 0 saturated carbocycles. The van der Waals surface area contributed by atoms with E-state index in [1.807, 2.05) is 0 Å². The first-order valence-electron chi connectivity index (χ1n) is 3.75. The number of rotatable bonds is 1. The van der Waals surface area contributed by atoms with E-state index in [-0.39, 0.29) is 5.58 Å². The van der Waals surface area contributed by atoms with Crippen molar-refractivity contribution in [2.45, 2.75) is 0 Å². The van der Waals surface area contributed by atoms with Gasteiger partial charge in [-0.15, -0.1) is 0 Å². The molecule has 2 nitrogen and oxygen atoms in total.